The minimum Gasteiger partial charge on any atom is -0.497 e. The summed E-state index contributed by atoms with van der Waals surface area (Å²) in [6.07, 6.45) is 0. The van der Waals surface area contributed by atoms with Gasteiger partial charge in [0.1, 0.15) is 11.5 Å². The molecule has 0 fully saturated rings. The molecule has 0 aliphatic heterocycles. The summed E-state index contributed by atoms with van der Waals surface area (Å²) in [5.41, 5.74) is 6.44. The summed E-state index contributed by atoms with van der Waals surface area (Å²) in [5, 5.41) is 0. The summed E-state index contributed by atoms with van der Waals surface area (Å²) < 4.78 is 10.5. The van der Waals surface area contributed by atoms with E-state index in [0.717, 1.165) is 50.5 Å². The molecule has 0 aromatic heterocycles. The Bertz CT molecular complexity index is 1040. The fraction of sp³-hybridized carbons (Fsp3) is 0.125. The summed E-state index contributed by atoms with van der Waals surface area (Å²) in [6, 6.07) is 21.5. The summed E-state index contributed by atoms with van der Waals surface area (Å²) in [5.74, 6) is 1.62. The molecule has 3 aromatic carbocycles. The van der Waals surface area contributed by atoms with Crippen molar-refractivity contribution >= 4 is 16.9 Å². The minimum absolute atomic E-state index is 0.0565. The van der Waals surface area contributed by atoms with E-state index in [1.807, 2.05) is 67.6 Å². The monoisotopic (exact) mass is 356 g/mol. The highest BCUT2D eigenvalue weighted by Gasteiger charge is 2.31. The molecule has 0 spiro atoms. The van der Waals surface area contributed by atoms with Gasteiger partial charge in [0, 0.05) is 16.7 Å². The number of hydrogen-bond donors (Lipinski definition) is 0. The molecule has 3 nitrogen and oxygen atoms in total. The molecule has 4 rings (SSSR count). The smallest absolute Gasteiger partial charge is 0.194 e. The molecular formula is C24H20O3. The van der Waals surface area contributed by atoms with Crippen LogP contribution in [-0.2, 0) is 0 Å². The SMILES string of the molecule is COc1ccc(C2=C(c3ccc(OC)cc3)c3cc(C)ccc3C2=O)cc1. The zero-order valence-electron chi connectivity index (χ0n) is 15.6. The van der Waals surface area contributed by atoms with Crippen molar-refractivity contribution in [2.24, 2.45) is 0 Å². The molecule has 0 N–H and O–H groups in total. The molecule has 0 amide bonds. The average molecular weight is 356 g/mol. The van der Waals surface area contributed by atoms with Crippen LogP contribution >= 0.6 is 0 Å². The number of benzene rings is 3. The van der Waals surface area contributed by atoms with Gasteiger partial charge in [-0.05, 0) is 47.9 Å². The Labute approximate surface area is 158 Å². The van der Waals surface area contributed by atoms with E-state index in [2.05, 4.69) is 6.07 Å². The molecule has 0 radical (unpaired) electrons. The lowest BCUT2D eigenvalue weighted by molar-refractivity contribution is 0.105. The van der Waals surface area contributed by atoms with Gasteiger partial charge in [-0.15, -0.1) is 0 Å². The number of hydrogen-bond acceptors (Lipinski definition) is 3. The minimum atomic E-state index is 0.0565. The van der Waals surface area contributed by atoms with E-state index in [0.29, 0.717) is 0 Å². The number of Topliss-reactive ketones (excluding diaryl/α,β-unsaturated/α-hetero) is 1. The third-order valence-electron chi connectivity index (χ3n) is 4.92. The molecule has 1 aliphatic carbocycles. The Hall–Kier alpha value is -3.33. The van der Waals surface area contributed by atoms with Crippen molar-refractivity contribution in [1.82, 2.24) is 0 Å². The van der Waals surface area contributed by atoms with E-state index in [9.17, 15) is 4.79 Å². The molecule has 0 saturated heterocycles. The number of carbonyl (C=O) groups is 1. The highest BCUT2D eigenvalue weighted by atomic mass is 16.5. The van der Waals surface area contributed by atoms with Crippen molar-refractivity contribution in [3.8, 4) is 11.5 Å². The van der Waals surface area contributed by atoms with E-state index >= 15 is 0 Å². The van der Waals surface area contributed by atoms with Gasteiger partial charge in [-0.1, -0.05) is 48.0 Å². The van der Waals surface area contributed by atoms with E-state index in [-0.39, 0.29) is 5.78 Å². The van der Waals surface area contributed by atoms with Crippen molar-refractivity contribution in [2.45, 2.75) is 6.92 Å². The summed E-state index contributed by atoms with van der Waals surface area (Å²) in [4.78, 5) is 13.3. The summed E-state index contributed by atoms with van der Waals surface area (Å²) in [6.45, 7) is 2.04. The van der Waals surface area contributed by atoms with Gasteiger partial charge in [-0.3, -0.25) is 4.79 Å². The van der Waals surface area contributed by atoms with Crippen LogP contribution in [0.25, 0.3) is 11.1 Å². The number of carbonyl (C=O) groups excluding carboxylic acids is 1. The third-order valence-corrected chi connectivity index (χ3v) is 4.92. The second kappa shape index (κ2) is 6.76. The standard InChI is InChI=1S/C24H20O3/c1-15-4-13-20-21(14-15)22(16-5-9-18(26-2)10-6-16)23(24(20)25)17-7-11-19(27-3)12-8-17/h4-14H,1-3H3. The number of aryl methyl sites for hydroxylation is 1. The zero-order chi connectivity index (χ0) is 19.0. The quantitative estimate of drug-likeness (QED) is 0.647. The van der Waals surface area contributed by atoms with E-state index in [1.165, 1.54) is 0 Å². The first-order valence-corrected chi connectivity index (χ1v) is 8.81. The highest BCUT2D eigenvalue weighted by molar-refractivity contribution is 6.41. The maximum Gasteiger partial charge on any atom is 0.194 e. The third kappa shape index (κ3) is 2.91. The van der Waals surface area contributed by atoms with Crippen molar-refractivity contribution in [3.05, 3.63) is 94.5 Å². The van der Waals surface area contributed by atoms with Crippen molar-refractivity contribution in [2.75, 3.05) is 14.2 Å². The van der Waals surface area contributed by atoms with Crippen LogP contribution in [0, 0.1) is 6.92 Å². The largest absolute Gasteiger partial charge is 0.497 e. The molecule has 0 saturated carbocycles. The first-order chi connectivity index (χ1) is 13.1. The fourth-order valence-corrected chi connectivity index (χ4v) is 3.54. The number of methoxy groups -OCH3 is 2. The Morgan fingerprint density at radius 2 is 1.15 bits per heavy atom. The average Bonchev–Trinajstić information content (AvgIpc) is 2.99. The lowest BCUT2D eigenvalue weighted by Gasteiger charge is -2.10. The van der Waals surface area contributed by atoms with Crippen LogP contribution in [0.1, 0.15) is 32.6 Å². The topological polar surface area (TPSA) is 35.5 Å². The van der Waals surface area contributed by atoms with E-state index in [4.69, 9.17) is 9.47 Å². The Morgan fingerprint density at radius 3 is 1.67 bits per heavy atom. The van der Waals surface area contributed by atoms with Crippen LogP contribution in [0.5, 0.6) is 11.5 Å². The fourth-order valence-electron chi connectivity index (χ4n) is 3.54. The first kappa shape index (κ1) is 17.1. The van der Waals surface area contributed by atoms with Crippen LogP contribution in [0.15, 0.2) is 66.7 Å². The Kier molecular flexibility index (Phi) is 4.28. The maximum atomic E-state index is 13.3. The van der Waals surface area contributed by atoms with Crippen molar-refractivity contribution in [1.29, 1.82) is 0 Å². The zero-order valence-corrected chi connectivity index (χ0v) is 15.6. The Balaban J connectivity index is 1.96. The second-order valence-electron chi connectivity index (χ2n) is 6.59. The molecule has 0 heterocycles. The van der Waals surface area contributed by atoms with Crippen molar-refractivity contribution < 1.29 is 14.3 Å². The van der Waals surface area contributed by atoms with Crippen LogP contribution in [0.4, 0.5) is 0 Å². The molecule has 1 aliphatic rings. The molecule has 134 valence electrons. The number of allylic oxidation sites excluding steroid dienone is 1. The predicted molar refractivity (Wildman–Crippen MR) is 107 cm³/mol. The van der Waals surface area contributed by atoms with Gasteiger partial charge < -0.3 is 9.47 Å². The van der Waals surface area contributed by atoms with Gasteiger partial charge in [-0.25, -0.2) is 0 Å². The lowest BCUT2D eigenvalue weighted by atomic mass is 9.93. The lowest BCUT2D eigenvalue weighted by Crippen LogP contribution is -1.98. The van der Waals surface area contributed by atoms with Crippen molar-refractivity contribution in [3.63, 3.8) is 0 Å². The number of ketones is 1. The molecule has 0 unspecified atom stereocenters. The van der Waals surface area contributed by atoms with E-state index < -0.39 is 0 Å². The maximum absolute atomic E-state index is 13.3. The normalized spacial score (nSPS) is 12.9. The van der Waals surface area contributed by atoms with Gasteiger partial charge in [0.05, 0.1) is 14.2 Å². The van der Waals surface area contributed by atoms with Crippen LogP contribution < -0.4 is 9.47 Å². The molecule has 0 bridgehead atoms. The van der Waals surface area contributed by atoms with Gasteiger partial charge in [-0.2, -0.15) is 0 Å². The number of ether oxygens (including phenoxy) is 2. The van der Waals surface area contributed by atoms with Gasteiger partial charge >= 0.3 is 0 Å². The highest BCUT2D eigenvalue weighted by Crippen LogP contribution is 2.43. The number of fused-ring (bicyclic) bond motifs is 1. The van der Waals surface area contributed by atoms with Crippen LogP contribution in [-0.4, -0.2) is 20.0 Å². The Morgan fingerprint density at radius 1 is 0.630 bits per heavy atom. The molecule has 27 heavy (non-hydrogen) atoms. The predicted octanol–water partition coefficient (Wildman–Crippen LogP) is 5.17. The van der Waals surface area contributed by atoms with Crippen LogP contribution in [0.2, 0.25) is 0 Å². The van der Waals surface area contributed by atoms with E-state index in [1.54, 1.807) is 14.2 Å². The summed E-state index contributed by atoms with van der Waals surface area (Å²) >= 11 is 0. The second-order valence-corrected chi connectivity index (χ2v) is 6.59. The molecular weight excluding hydrogens is 336 g/mol. The van der Waals surface area contributed by atoms with Gasteiger partial charge in [0.15, 0.2) is 5.78 Å². The van der Waals surface area contributed by atoms with Gasteiger partial charge in [0.2, 0.25) is 0 Å². The van der Waals surface area contributed by atoms with Gasteiger partial charge in [0.25, 0.3) is 0 Å². The number of rotatable bonds is 4. The summed E-state index contributed by atoms with van der Waals surface area (Å²) in [7, 11) is 3.28. The molecule has 3 aromatic rings. The molecule has 0 atom stereocenters. The molecule has 3 heteroatoms. The first-order valence-electron chi connectivity index (χ1n) is 8.81. The van der Waals surface area contributed by atoms with Crippen LogP contribution in [0.3, 0.4) is 0 Å².